The van der Waals surface area contributed by atoms with E-state index in [9.17, 15) is 9.59 Å². The van der Waals surface area contributed by atoms with Crippen molar-refractivity contribution >= 4 is 11.9 Å². The van der Waals surface area contributed by atoms with Crippen molar-refractivity contribution in [1.82, 2.24) is 0 Å². The molecule has 4 nitrogen and oxygen atoms in total. The molecule has 0 amide bonds. The van der Waals surface area contributed by atoms with Crippen LogP contribution in [-0.2, 0) is 20.4 Å². The van der Waals surface area contributed by atoms with Crippen LogP contribution in [0.1, 0.15) is 45.7 Å². The summed E-state index contributed by atoms with van der Waals surface area (Å²) in [7, 11) is 0. The monoisotopic (exact) mass is 392 g/mol. The summed E-state index contributed by atoms with van der Waals surface area (Å²) in [5, 5.41) is 0. The molecule has 0 aliphatic heterocycles. The first-order chi connectivity index (χ1) is 13.5. The highest BCUT2D eigenvalue weighted by Gasteiger charge is 2.39. The molecule has 0 spiro atoms. The Morgan fingerprint density at radius 1 is 0.793 bits per heavy atom. The van der Waals surface area contributed by atoms with Crippen LogP contribution in [0.3, 0.4) is 0 Å². The molecule has 2 aromatic rings. The summed E-state index contributed by atoms with van der Waals surface area (Å²) < 4.78 is 10.4. The third-order valence-corrected chi connectivity index (χ3v) is 5.66. The van der Waals surface area contributed by atoms with Gasteiger partial charge in [-0.25, -0.2) is 9.59 Å². The van der Waals surface area contributed by atoms with E-state index in [4.69, 9.17) is 9.47 Å². The molecule has 0 aromatic heterocycles. The molecule has 4 heteroatoms. The average molecular weight is 392 g/mol. The van der Waals surface area contributed by atoms with Crippen molar-refractivity contribution in [2.24, 2.45) is 0 Å². The number of benzene rings is 2. The zero-order valence-corrected chi connectivity index (χ0v) is 17.7. The summed E-state index contributed by atoms with van der Waals surface area (Å²) >= 11 is 0. The lowest BCUT2D eigenvalue weighted by molar-refractivity contribution is -0.130. The van der Waals surface area contributed by atoms with Crippen LogP contribution in [0, 0.1) is 0 Å². The number of carbonyl (C=O) groups excluding carboxylic acids is 2. The minimum Gasteiger partial charge on any atom is -0.423 e. The maximum atomic E-state index is 11.7. The Morgan fingerprint density at radius 2 is 1.17 bits per heavy atom. The Hall–Kier alpha value is -3.14. The molecule has 2 aromatic carbocycles. The molecule has 0 radical (unpaired) electrons. The molecule has 0 saturated carbocycles. The highest BCUT2D eigenvalue weighted by atomic mass is 16.5. The summed E-state index contributed by atoms with van der Waals surface area (Å²) in [5.74, 6) is 0.0547. The smallest absolute Gasteiger partial charge is 0.338 e. The van der Waals surface area contributed by atoms with Crippen molar-refractivity contribution in [3.05, 3.63) is 84.5 Å². The van der Waals surface area contributed by atoms with Crippen molar-refractivity contribution in [1.29, 1.82) is 0 Å². The Labute approximate surface area is 172 Å². The minimum atomic E-state index is -0.482. The number of ether oxygens (including phenoxy) is 2. The third kappa shape index (κ3) is 4.83. The Bertz CT molecular complexity index is 916. The Kier molecular flexibility index (Phi) is 6.48. The molecule has 0 saturated heterocycles. The summed E-state index contributed by atoms with van der Waals surface area (Å²) in [6.07, 6.45) is 1.14. The van der Waals surface area contributed by atoms with Gasteiger partial charge in [0.25, 0.3) is 0 Å². The first kappa shape index (κ1) is 22.2. The number of esters is 2. The summed E-state index contributed by atoms with van der Waals surface area (Å²) in [5.41, 5.74) is 2.11. The van der Waals surface area contributed by atoms with Gasteiger partial charge in [0.2, 0.25) is 0 Å². The van der Waals surface area contributed by atoms with Gasteiger partial charge in [-0.2, -0.15) is 0 Å². The zero-order valence-electron chi connectivity index (χ0n) is 17.7. The average Bonchev–Trinajstić information content (AvgIpc) is 2.68. The van der Waals surface area contributed by atoms with Gasteiger partial charge in [-0.15, -0.1) is 0 Å². The quantitative estimate of drug-likeness (QED) is 0.354. The summed E-state index contributed by atoms with van der Waals surface area (Å²) in [6, 6.07) is 15.1. The second-order valence-corrected chi connectivity index (χ2v) is 8.09. The highest BCUT2D eigenvalue weighted by molar-refractivity contribution is 5.88. The molecular formula is C25H28O4. The second kappa shape index (κ2) is 8.48. The summed E-state index contributed by atoms with van der Waals surface area (Å²) in [4.78, 5) is 23.1. The number of hydrogen-bond donors (Lipinski definition) is 0. The normalized spacial score (nSPS) is 11.5. The topological polar surface area (TPSA) is 52.6 Å². The third-order valence-electron chi connectivity index (χ3n) is 5.66. The largest absolute Gasteiger partial charge is 0.423 e. The van der Waals surface area contributed by atoms with Crippen LogP contribution in [0.4, 0.5) is 0 Å². The first-order valence-electron chi connectivity index (χ1n) is 9.42. The molecule has 0 aliphatic rings. The molecule has 0 aliphatic carbocycles. The fraction of sp³-hybridized carbons (Fsp3) is 0.280. The molecule has 0 heterocycles. The maximum absolute atomic E-state index is 11.7. The van der Waals surface area contributed by atoms with E-state index in [0.717, 1.165) is 17.2 Å². The highest BCUT2D eigenvalue weighted by Crippen LogP contribution is 2.44. The molecule has 0 N–H and O–H groups in total. The van der Waals surface area contributed by atoms with Gasteiger partial charge in [-0.1, -0.05) is 65.1 Å². The maximum Gasteiger partial charge on any atom is 0.338 e. The van der Waals surface area contributed by atoms with Crippen LogP contribution in [0.2, 0.25) is 0 Å². The van der Waals surface area contributed by atoms with Gasteiger partial charge >= 0.3 is 11.9 Å². The molecule has 152 valence electrons. The Morgan fingerprint density at radius 3 is 1.52 bits per heavy atom. The summed E-state index contributed by atoms with van der Waals surface area (Å²) in [6.45, 7) is 17.3. The molecule has 0 atom stereocenters. The van der Waals surface area contributed by atoms with Crippen molar-refractivity contribution in [3.63, 3.8) is 0 Å². The predicted octanol–water partition coefficient (Wildman–Crippen LogP) is 5.51. The number of rotatable bonds is 7. The second-order valence-electron chi connectivity index (χ2n) is 8.09. The molecular weight excluding hydrogens is 364 g/mol. The SMILES string of the molecule is C=CC(=O)Oc1ccc(C(C)(C)C(C)(C)c2ccc(OC(=O)C(=C)C)cc2)cc1. The van der Waals surface area contributed by atoms with Crippen LogP contribution in [0.15, 0.2) is 73.3 Å². The van der Waals surface area contributed by atoms with Crippen LogP contribution < -0.4 is 9.47 Å². The van der Waals surface area contributed by atoms with E-state index in [2.05, 4.69) is 40.9 Å². The van der Waals surface area contributed by atoms with Gasteiger partial charge in [-0.3, -0.25) is 0 Å². The van der Waals surface area contributed by atoms with E-state index in [1.807, 2.05) is 24.3 Å². The van der Waals surface area contributed by atoms with Gasteiger partial charge in [0, 0.05) is 11.6 Å². The molecule has 0 bridgehead atoms. The molecule has 29 heavy (non-hydrogen) atoms. The lowest BCUT2D eigenvalue weighted by atomic mass is 9.61. The molecule has 0 fully saturated rings. The lowest BCUT2D eigenvalue weighted by Crippen LogP contribution is -2.40. The van der Waals surface area contributed by atoms with Gasteiger partial charge < -0.3 is 9.47 Å². The first-order valence-corrected chi connectivity index (χ1v) is 9.42. The number of carbonyl (C=O) groups is 2. The van der Waals surface area contributed by atoms with Gasteiger partial charge in [0.1, 0.15) is 11.5 Å². The van der Waals surface area contributed by atoms with Crippen LogP contribution >= 0.6 is 0 Å². The fourth-order valence-corrected chi connectivity index (χ4v) is 2.95. The standard InChI is InChI=1S/C25H28O4/c1-8-22(26)28-20-13-9-18(10-14-20)24(4,5)25(6,7)19-11-15-21(16-12-19)29-23(27)17(2)3/h8-16H,1-2H2,3-7H3. The van der Waals surface area contributed by atoms with Crippen LogP contribution in [0.5, 0.6) is 11.5 Å². The zero-order chi connectivity index (χ0) is 21.8. The van der Waals surface area contributed by atoms with E-state index < -0.39 is 11.9 Å². The van der Waals surface area contributed by atoms with Crippen molar-refractivity contribution in [3.8, 4) is 11.5 Å². The van der Waals surface area contributed by atoms with Crippen LogP contribution in [-0.4, -0.2) is 11.9 Å². The van der Waals surface area contributed by atoms with Gasteiger partial charge in [0.15, 0.2) is 0 Å². The van der Waals surface area contributed by atoms with E-state index >= 15 is 0 Å². The fourth-order valence-electron chi connectivity index (χ4n) is 2.95. The molecule has 2 rings (SSSR count). The van der Waals surface area contributed by atoms with E-state index in [1.54, 1.807) is 31.2 Å². The molecule has 0 unspecified atom stereocenters. The predicted molar refractivity (Wildman–Crippen MR) is 115 cm³/mol. The van der Waals surface area contributed by atoms with E-state index in [-0.39, 0.29) is 10.8 Å². The van der Waals surface area contributed by atoms with Crippen molar-refractivity contribution < 1.29 is 19.1 Å². The van der Waals surface area contributed by atoms with E-state index in [0.29, 0.717) is 17.1 Å². The Balaban J connectivity index is 2.26. The van der Waals surface area contributed by atoms with Crippen molar-refractivity contribution in [2.75, 3.05) is 0 Å². The van der Waals surface area contributed by atoms with E-state index in [1.165, 1.54) is 0 Å². The number of hydrogen-bond acceptors (Lipinski definition) is 4. The minimum absolute atomic E-state index is 0.232. The van der Waals surface area contributed by atoms with Gasteiger partial charge in [-0.05, 0) is 53.1 Å². The van der Waals surface area contributed by atoms with Crippen molar-refractivity contribution in [2.45, 2.75) is 45.4 Å². The van der Waals surface area contributed by atoms with Crippen LogP contribution in [0.25, 0.3) is 0 Å². The van der Waals surface area contributed by atoms with Gasteiger partial charge in [0.05, 0.1) is 0 Å². The lowest BCUT2D eigenvalue weighted by Gasteiger charge is -2.43.